The van der Waals surface area contributed by atoms with Gasteiger partial charge in [-0.15, -0.1) is 0 Å². The third-order valence-corrected chi connectivity index (χ3v) is 3.70. The smallest absolute Gasteiger partial charge is 0.255 e. The molecule has 0 saturated heterocycles. The fourth-order valence-electron chi connectivity index (χ4n) is 2.16. The van der Waals surface area contributed by atoms with Gasteiger partial charge in [-0.2, -0.15) is 0 Å². The average molecular weight is 378 g/mol. The molecule has 0 fully saturated rings. The van der Waals surface area contributed by atoms with Crippen molar-refractivity contribution >= 4 is 21.8 Å². The molecule has 122 valence electrons. The normalized spacial score (nSPS) is 11.8. The van der Waals surface area contributed by atoms with Crippen molar-refractivity contribution in [2.45, 2.75) is 19.6 Å². The predicted octanol–water partition coefficient (Wildman–Crippen LogP) is 3.79. The van der Waals surface area contributed by atoms with Gasteiger partial charge >= 0.3 is 0 Å². The summed E-state index contributed by atoms with van der Waals surface area (Å²) in [6, 6.07) is 15.0. The number of carbonyl (C=O) groups excluding carboxylic acids is 1. The number of nitrogens with one attached hydrogen (secondary N) is 1. The minimum Gasteiger partial charge on any atom is -0.488 e. The summed E-state index contributed by atoms with van der Waals surface area (Å²) in [4.78, 5) is 12.4. The molecule has 0 bridgehead atoms. The highest BCUT2D eigenvalue weighted by molar-refractivity contribution is 9.10. The Kier molecular flexibility index (Phi) is 6.62. The standard InChI is InChI=1S/C18H20BrNO3/c1-13(11-22-2)20-18(21)16-8-3-4-9-17(16)23-12-14-6-5-7-15(19)10-14/h3-10,13H,11-12H2,1-2H3,(H,20,21). The number of amides is 1. The lowest BCUT2D eigenvalue weighted by Crippen LogP contribution is -2.35. The fourth-order valence-corrected chi connectivity index (χ4v) is 2.61. The molecule has 0 heterocycles. The van der Waals surface area contributed by atoms with Crippen LogP contribution in [0.1, 0.15) is 22.8 Å². The predicted molar refractivity (Wildman–Crippen MR) is 93.7 cm³/mol. The van der Waals surface area contributed by atoms with Crippen LogP contribution in [-0.2, 0) is 11.3 Å². The first-order valence-electron chi connectivity index (χ1n) is 7.36. The molecule has 0 saturated carbocycles. The molecule has 0 spiro atoms. The highest BCUT2D eigenvalue weighted by Crippen LogP contribution is 2.20. The molecule has 0 radical (unpaired) electrons. The number of carbonyl (C=O) groups is 1. The van der Waals surface area contributed by atoms with Crippen molar-refractivity contribution < 1.29 is 14.3 Å². The van der Waals surface area contributed by atoms with Crippen LogP contribution in [0.4, 0.5) is 0 Å². The van der Waals surface area contributed by atoms with Crippen molar-refractivity contribution in [1.29, 1.82) is 0 Å². The van der Waals surface area contributed by atoms with E-state index in [0.29, 0.717) is 24.5 Å². The van der Waals surface area contributed by atoms with Gasteiger partial charge in [0.25, 0.3) is 5.91 Å². The Labute approximate surface area is 144 Å². The van der Waals surface area contributed by atoms with Gasteiger partial charge in [-0.3, -0.25) is 4.79 Å². The summed E-state index contributed by atoms with van der Waals surface area (Å²) in [5, 5.41) is 2.89. The van der Waals surface area contributed by atoms with Gasteiger partial charge in [0.2, 0.25) is 0 Å². The lowest BCUT2D eigenvalue weighted by Gasteiger charge is -2.15. The Balaban J connectivity index is 2.06. The summed E-state index contributed by atoms with van der Waals surface area (Å²) in [6.45, 7) is 2.76. The van der Waals surface area contributed by atoms with E-state index in [4.69, 9.17) is 9.47 Å². The van der Waals surface area contributed by atoms with Crippen LogP contribution in [0.2, 0.25) is 0 Å². The van der Waals surface area contributed by atoms with Gasteiger partial charge in [0, 0.05) is 17.6 Å². The molecule has 23 heavy (non-hydrogen) atoms. The first-order chi connectivity index (χ1) is 11.1. The third-order valence-electron chi connectivity index (χ3n) is 3.21. The van der Waals surface area contributed by atoms with Crippen LogP contribution in [0.3, 0.4) is 0 Å². The quantitative estimate of drug-likeness (QED) is 0.798. The number of ether oxygens (including phenoxy) is 2. The first-order valence-corrected chi connectivity index (χ1v) is 8.15. The molecule has 1 atom stereocenters. The first kappa shape index (κ1) is 17.5. The van der Waals surface area contributed by atoms with E-state index in [1.54, 1.807) is 19.2 Å². The molecule has 0 aliphatic rings. The van der Waals surface area contributed by atoms with Crippen molar-refractivity contribution in [3.63, 3.8) is 0 Å². The van der Waals surface area contributed by atoms with Gasteiger partial charge in [-0.1, -0.05) is 40.2 Å². The van der Waals surface area contributed by atoms with Crippen LogP contribution in [-0.4, -0.2) is 25.7 Å². The van der Waals surface area contributed by atoms with E-state index in [1.165, 1.54) is 0 Å². The molecule has 2 rings (SSSR count). The van der Waals surface area contributed by atoms with Gasteiger partial charge in [0.15, 0.2) is 0 Å². The summed E-state index contributed by atoms with van der Waals surface area (Å²) in [5.74, 6) is 0.397. The van der Waals surface area contributed by atoms with Gasteiger partial charge < -0.3 is 14.8 Å². The van der Waals surface area contributed by atoms with Crippen LogP contribution in [0, 0.1) is 0 Å². The molecule has 2 aromatic rings. The number of hydrogen-bond donors (Lipinski definition) is 1. The summed E-state index contributed by atoms with van der Waals surface area (Å²) < 4.78 is 11.9. The molecule has 0 aliphatic carbocycles. The van der Waals surface area contributed by atoms with E-state index >= 15 is 0 Å². The zero-order valence-corrected chi connectivity index (χ0v) is 14.8. The summed E-state index contributed by atoms with van der Waals surface area (Å²) in [7, 11) is 1.61. The molecule has 1 amide bonds. The zero-order valence-electron chi connectivity index (χ0n) is 13.2. The maximum absolute atomic E-state index is 12.4. The van der Waals surface area contributed by atoms with E-state index < -0.39 is 0 Å². The van der Waals surface area contributed by atoms with E-state index in [-0.39, 0.29) is 11.9 Å². The van der Waals surface area contributed by atoms with Crippen LogP contribution in [0.25, 0.3) is 0 Å². The van der Waals surface area contributed by atoms with Crippen molar-refractivity contribution in [2.75, 3.05) is 13.7 Å². The highest BCUT2D eigenvalue weighted by Gasteiger charge is 2.14. The van der Waals surface area contributed by atoms with Crippen LogP contribution >= 0.6 is 15.9 Å². The zero-order chi connectivity index (χ0) is 16.7. The minimum absolute atomic E-state index is 0.0642. The second-order valence-electron chi connectivity index (χ2n) is 5.24. The number of hydrogen-bond acceptors (Lipinski definition) is 3. The minimum atomic E-state index is -0.167. The van der Waals surface area contributed by atoms with Crippen molar-refractivity contribution in [3.05, 3.63) is 64.1 Å². The Morgan fingerprint density at radius 1 is 1.22 bits per heavy atom. The van der Waals surface area contributed by atoms with Crippen LogP contribution in [0.5, 0.6) is 5.75 Å². The van der Waals surface area contributed by atoms with Crippen molar-refractivity contribution in [1.82, 2.24) is 5.32 Å². The summed E-state index contributed by atoms with van der Waals surface area (Å²) in [6.07, 6.45) is 0. The SMILES string of the molecule is COCC(C)NC(=O)c1ccccc1OCc1cccc(Br)c1. The Hall–Kier alpha value is -1.85. The largest absolute Gasteiger partial charge is 0.488 e. The van der Waals surface area contributed by atoms with E-state index in [0.717, 1.165) is 10.0 Å². The van der Waals surface area contributed by atoms with Gasteiger partial charge in [-0.25, -0.2) is 0 Å². The number of benzene rings is 2. The van der Waals surface area contributed by atoms with E-state index in [9.17, 15) is 4.79 Å². The molecule has 0 aliphatic heterocycles. The second-order valence-corrected chi connectivity index (χ2v) is 6.16. The maximum Gasteiger partial charge on any atom is 0.255 e. The van der Waals surface area contributed by atoms with E-state index in [2.05, 4.69) is 21.2 Å². The summed E-state index contributed by atoms with van der Waals surface area (Å²) >= 11 is 3.44. The van der Waals surface area contributed by atoms with Crippen molar-refractivity contribution in [2.24, 2.45) is 0 Å². The van der Waals surface area contributed by atoms with Gasteiger partial charge in [0.1, 0.15) is 12.4 Å². The Bertz CT molecular complexity index is 660. The number of para-hydroxylation sites is 1. The molecule has 4 nitrogen and oxygen atoms in total. The molecule has 0 aromatic heterocycles. The second kappa shape index (κ2) is 8.70. The Morgan fingerprint density at radius 2 is 2.00 bits per heavy atom. The number of halogens is 1. The molecule has 5 heteroatoms. The molecular weight excluding hydrogens is 358 g/mol. The van der Waals surface area contributed by atoms with Crippen molar-refractivity contribution in [3.8, 4) is 5.75 Å². The van der Waals surface area contributed by atoms with Crippen LogP contribution < -0.4 is 10.1 Å². The van der Waals surface area contributed by atoms with E-state index in [1.807, 2.05) is 43.3 Å². The average Bonchev–Trinajstić information content (AvgIpc) is 2.53. The monoisotopic (exact) mass is 377 g/mol. The maximum atomic E-state index is 12.4. The molecular formula is C18H20BrNO3. The van der Waals surface area contributed by atoms with Gasteiger partial charge in [-0.05, 0) is 36.8 Å². The fraction of sp³-hybridized carbons (Fsp3) is 0.278. The van der Waals surface area contributed by atoms with Crippen LogP contribution in [0.15, 0.2) is 53.0 Å². The third kappa shape index (κ3) is 5.37. The molecule has 2 aromatic carbocycles. The van der Waals surface area contributed by atoms with Gasteiger partial charge in [0.05, 0.1) is 12.2 Å². The molecule has 1 N–H and O–H groups in total. The lowest BCUT2D eigenvalue weighted by atomic mass is 10.1. The lowest BCUT2D eigenvalue weighted by molar-refractivity contribution is 0.0901. The number of rotatable bonds is 7. The number of methoxy groups -OCH3 is 1. The topological polar surface area (TPSA) is 47.6 Å². The highest BCUT2D eigenvalue weighted by atomic mass is 79.9. The summed E-state index contributed by atoms with van der Waals surface area (Å²) in [5.41, 5.74) is 1.55. The molecule has 1 unspecified atom stereocenters. The Morgan fingerprint density at radius 3 is 2.74 bits per heavy atom.